The summed E-state index contributed by atoms with van der Waals surface area (Å²) in [5.74, 6) is -0.423. The second kappa shape index (κ2) is 14.7. The fourth-order valence-electron chi connectivity index (χ4n) is 2.26. The van der Waals surface area contributed by atoms with Crippen LogP contribution in [-0.4, -0.2) is 46.7 Å². The van der Waals surface area contributed by atoms with Gasteiger partial charge in [0.1, 0.15) is 18.8 Å². The Hall–Kier alpha value is -1.43. The van der Waals surface area contributed by atoms with Crippen LogP contribution in [0, 0.1) is 0 Å². The highest BCUT2D eigenvalue weighted by molar-refractivity contribution is 5.69. The Kier molecular flexibility index (Phi) is 13.9. The van der Waals surface area contributed by atoms with E-state index >= 15 is 0 Å². The molecule has 0 unspecified atom stereocenters. The van der Waals surface area contributed by atoms with Gasteiger partial charge in [-0.2, -0.15) is 0 Å². The number of rotatable bonds is 13. The van der Waals surface area contributed by atoms with Crippen LogP contribution >= 0.6 is 0 Å². The maximum Gasteiger partial charge on any atom is 0.306 e. The van der Waals surface area contributed by atoms with Crippen molar-refractivity contribution < 1.29 is 24.9 Å². The first-order chi connectivity index (χ1) is 12.3. The van der Waals surface area contributed by atoms with Gasteiger partial charge in [-0.05, 0) is 59.8 Å². The molecule has 0 saturated carbocycles. The minimum atomic E-state index is -1.29. The molecule has 0 radical (unpaired) electrons. The summed E-state index contributed by atoms with van der Waals surface area (Å²) in [5.41, 5.74) is 4.00. The smallest absolute Gasteiger partial charge is 0.306 e. The van der Waals surface area contributed by atoms with Gasteiger partial charge in [0, 0.05) is 6.42 Å². The molecule has 5 heteroatoms. The molecule has 0 aromatic carbocycles. The summed E-state index contributed by atoms with van der Waals surface area (Å²) in [6.45, 7) is 7.58. The van der Waals surface area contributed by atoms with Crippen molar-refractivity contribution >= 4 is 5.97 Å². The van der Waals surface area contributed by atoms with Gasteiger partial charge in [-0.3, -0.25) is 4.79 Å². The Morgan fingerprint density at radius 1 is 0.846 bits per heavy atom. The summed E-state index contributed by atoms with van der Waals surface area (Å²) in [7, 11) is 0. The van der Waals surface area contributed by atoms with Gasteiger partial charge in [0.15, 0.2) is 0 Å². The lowest BCUT2D eigenvalue weighted by molar-refractivity contribution is -0.149. The Morgan fingerprint density at radius 2 is 1.35 bits per heavy atom. The van der Waals surface area contributed by atoms with E-state index < -0.39 is 24.8 Å². The number of allylic oxidation sites excluding steroid dienone is 6. The second-order valence-electron chi connectivity index (χ2n) is 7.00. The number of esters is 1. The summed E-state index contributed by atoms with van der Waals surface area (Å²) in [6, 6.07) is 0. The first-order valence-corrected chi connectivity index (χ1v) is 9.33. The van der Waals surface area contributed by atoms with E-state index in [1.165, 1.54) is 16.7 Å². The van der Waals surface area contributed by atoms with Crippen molar-refractivity contribution in [3.05, 3.63) is 34.9 Å². The maximum absolute atomic E-state index is 11.6. The average molecular weight is 369 g/mol. The van der Waals surface area contributed by atoms with E-state index in [9.17, 15) is 15.0 Å². The van der Waals surface area contributed by atoms with Crippen LogP contribution in [0.1, 0.15) is 66.2 Å². The van der Waals surface area contributed by atoms with Crippen LogP contribution in [0.25, 0.3) is 0 Å². The number of hydrogen-bond acceptors (Lipinski definition) is 5. The van der Waals surface area contributed by atoms with Crippen molar-refractivity contribution in [1.29, 1.82) is 0 Å². The Labute approximate surface area is 158 Å². The molecule has 0 rings (SSSR count). The van der Waals surface area contributed by atoms with Crippen molar-refractivity contribution in [2.45, 2.75) is 78.4 Å². The van der Waals surface area contributed by atoms with Crippen molar-refractivity contribution in [1.82, 2.24) is 0 Å². The van der Waals surface area contributed by atoms with Gasteiger partial charge in [0.05, 0.1) is 6.61 Å². The Bertz CT molecular complexity index is 487. The monoisotopic (exact) mass is 368 g/mol. The van der Waals surface area contributed by atoms with E-state index in [2.05, 4.69) is 39.8 Å². The van der Waals surface area contributed by atoms with Gasteiger partial charge in [-0.15, -0.1) is 0 Å². The molecule has 0 bridgehead atoms. The summed E-state index contributed by atoms with van der Waals surface area (Å²) in [5, 5.41) is 27.2. The maximum atomic E-state index is 11.6. The number of carbonyl (C=O) groups is 1. The molecule has 0 aliphatic rings. The largest absolute Gasteiger partial charge is 0.463 e. The molecule has 3 N–H and O–H groups in total. The van der Waals surface area contributed by atoms with Gasteiger partial charge in [-0.25, -0.2) is 0 Å². The van der Waals surface area contributed by atoms with Crippen LogP contribution in [0.4, 0.5) is 0 Å². The van der Waals surface area contributed by atoms with Crippen molar-refractivity contribution in [3.8, 4) is 0 Å². The molecule has 0 fully saturated rings. The topological polar surface area (TPSA) is 87.0 Å². The average Bonchev–Trinajstić information content (AvgIpc) is 2.58. The lowest BCUT2D eigenvalue weighted by Gasteiger charge is -2.15. The molecule has 2 atom stereocenters. The predicted octanol–water partition coefficient (Wildman–Crippen LogP) is 3.44. The minimum absolute atomic E-state index is 0.233. The number of aliphatic hydroxyl groups excluding tert-OH is 3. The number of hydrogen-bond donors (Lipinski definition) is 3. The van der Waals surface area contributed by atoms with Crippen LogP contribution in [0.15, 0.2) is 34.9 Å². The summed E-state index contributed by atoms with van der Waals surface area (Å²) in [6.07, 6.45) is 8.99. The van der Waals surface area contributed by atoms with Crippen LogP contribution in [0.3, 0.4) is 0 Å². The number of carbonyl (C=O) groups excluding carboxylic acids is 1. The van der Waals surface area contributed by atoms with Crippen LogP contribution in [-0.2, 0) is 9.53 Å². The van der Waals surface area contributed by atoms with Gasteiger partial charge in [0.25, 0.3) is 0 Å². The first-order valence-electron chi connectivity index (χ1n) is 9.33. The highest BCUT2D eigenvalue weighted by atomic mass is 16.5. The zero-order valence-corrected chi connectivity index (χ0v) is 16.7. The Morgan fingerprint density at radius 3 is 1.85 bits per heavy atom. The van der Waals surface area contributed by atoms with Gasteiger partial charge < -0.3 is 20.1 Å². The number of aliphatic hydroxyl groups is 3. The fourth-order valence-corrected chi connectivity index (χ4v) is 2.26. The lowest BCUT2D eigenvalue weighted by Crippen LogP contribution is -2.34. The summed E-state index contributed by atoms with van der Waals surface area (Å²) in [4.78, 5) is 11.6. The molecular formula is C21H36O5. The normalized spacial score (nSPS) is 14.7. The molecule has 0 aromatic heterocycles. The number of ether oxygens (including phenoxy) is 1. The third-order valence-corrected chi connectivity index (χ3v) is 4.01. The molecule has 0 spiro atoms. The molecule has 150 valence electrons. The SMILES string of the molecule is CC(C)=CCC/C(C)=C/CC/C(C)=C/CCC(=O)OC[C@H](O)[C@H](O)CO. The van der Waals surface area contributed by atoms with Crippen LogP contribution in [0.5, 0.6) is 0 Å². The third-order valence-electron chi connectivity index (χ3n) is 4.01. The molecule has 0 aromatic rings. The molecule has 26 heavy (non-hydrogen) atoms. The van der Waals surface area contributed by atoms with E-state index in [0.717, 1.165) is 25.7 Å². The van der Waals surface area contributed by atoms with Gasteiger partial charge in [-0.1, -0.05) is 34.9 Å². The van der Waals surface area contributed by atoms with Crippen molar-refractivity contribution in [2.75, 3.05) is 13.2 Å². The summed E-state index contributed by atoms with van der Waals surface area (Å²) >= 11 is 0. The molecule has 0 amide bonds. The Balaban J connectivity index is 3.96. The van der Waals surface area contributed by atoms with Crippen LogP contribution in [0.2, 0.25) is 0 Å². The lowest BCUT2D eigenvalue weighted by atomic mass is 10.1. The molecule has 5 nitrogen and oxygen atoms in total. The van der Waals surface area contributed by atoms with E-state index in [-0.39, 0.29) is 13.0 Å². The van der Waals surface area contributed by atoms with E-state index in [1.54, 1.807) is 0 Å². The second-order valence-corrected chi connectivity index (χ2v) is 7.00. The predicted molar refractivity (Wildman–Crippen MR) is 105 cm³/mol. The van der Waals surface area contributed by atoms with E-state index in [4.69, 9.17) is 9.84 Å². The first kappa shape index (κ1) is 24.6. The zero-order valence-electron chi connectivity index (χ0n) is 16.7. The molecular weight excluding hydrogens is 332 g/mol. The molecule has 0 heterocycles. The molecule has 0 aliphatic carbocycles. The minimum Gasteiger partial charge on any atom is -0.463 e. The van der Waals surface area contributed by atoms with Crippen molar-refractivity contribution in [2.24, 2.45) is 0 Å². The molecule has 0 saturated heterocycles. The molecule has 0 aliphatic heterocycles. The standard InChI is InChI=1S/C21H36O5/c1-16(2)8-5-9-17(3)10-6-11-18(4)12-7-13-21(25)26-15-20(24)19(23)14-22/h8,10,12,19-20,22-24H,5-7,9,11,13-15H2,1-4H3/b17-10+,18-12+/t19-,20+/m1/s1. The third kappa shape index (κ3) is 13.8. The van der Waals surface area contributed by atoms with E-state index in [1.807, 2.05) is 6.08 Å². The zero-order chi connectivity index (χ0) is 19.9. The van der Waals surface area contributed by atoms with Crippen LogP contribution < -0.4 is 0 Å². The quantitative estimate of drug-likeness (QED) is 0.342. The summed E-state index contributed by atoms with van der Waals surface area (Å²) < 4.78 is 4.87. The van der Waals surface area contributed by atoms with Crippen molar-refractivity contribution in [3.63, 3.8) is 0 Å². The van der Waals surface area contributed by atoms with Gasteiger partial charge >= 0.3 is 5.97 Å². The highest BCUT2D eigenvalue weighted by Crippen LogP contribution is 2.12. The highest BCUT2D eigenvalue weighted by Gasteiger charge is 2.16. The fraction of sp³-hybridized carbons (Fsp3) is 0.667. The van der Waals surface area contributed by atoms with Gasteiger partial charge in [0.2, 0.25) is 0 Å². The van der Waals surface area contributed by atoms with E-state index in [0.29, 0.717) is 6.42 Å².